The third-order valence-corrected chi connectivity index (χ3v) is 5.73. The first-order valence-electron chi connectivity index (χ1n) is 9.13. The fourth-order valence-electron chi connectivity index (χ4n) is 3.17. The maximum Gasteiger partial charge on any atom is 0.416 e. The van der Waals surface area contributed by atoms with E-state index in [9.17, 15) is 22.8 Å². The maximum atomic E-state index is 12.7. The van der Waals surface area contributed by atoms with Gasteiger partial charge in [0.25, 0.3) is 11.8 Å². The van der Waals surface area contributed by atoms with Crippen LogP contribution in [0.25, 0.3) is 0 Å². The van der Waals surface area contributed by atoms with Crippen molar-refractivity contribution in [2.24, 2.45) is 0 Å². The van der Waals surface area contributed by atoms with E-state index in [-0.39, 0.29) is 11.5 Å². The number of anilines is 1. The minimum absolute atomic E-state index is 0.0648. The van der Waals surface area contributed by atoms with E-state index in [0.717, 1.165) is 34.8 Å². The molecule has 0 fully saturated rings. The molecule has 0 spiro atoms. The summed E-state index contributed by atoms with van der Waals surface area (Å²) in [6, 6.07) is 13.0. The summed E-state index contributed by atoms with van der Waals surface area (Å²) >= 11 is 1.27. The number of aromatic nitrogens is 1. The standard InChI is InChI=1S/C21H16F3N3O2S/c22-21(23,24)15-8-6-13(7-9-15)18(28)26-20-25-16-10-11-27(12-17(16)30-20)19(29)14-4-2-1-3-5-14/h1-9H,10-12H2,(H,25,26,28). The molecule has 9 heteroatoms. The Balaban J connectivity index is 1.44. The zero-order chi connectivity index (χ0) is 21.3. The summed E-state index contributed by atoms with van der Waals surface area (Å²) in [4.78, 5) is 32.0. The summed E-state index contributed by atoms with van der Waals surface area (Å²) < 4.78 is 38.0. The third kappa shape index (κ3) is 4.20. The number of alkyl halides is 3. The quantitative estimate of drug-likeness (QED) is 0.659. The molecule has 0 bridgehead atoms. The predicted octanol–water partition coefficient (Wildman–Crippen LogP) is 4.61. The summed E-state index contributed by atoms with van der Waals surface area (Å²) in [7, 11) is 0. The van der Waals surface area contributed by atoms with Crippen molar-refractivity contribution in [2.45, 2.75) is 19.1 Å². The SMILES string of the molecule is O=C(Nc1nc2c(s1)CN(C(=O)c1ccccc1)CC2)c1ccc(C(F)(F)F)cc1. The lowest BCUT2D eigenvalue weighted by Crippen LogP contribution is -2.35. The molecule has 30 heavy (non-hydrogen) atoms. The average Bonchev–Trinajstić information content (AvgIpc) is 3.14. The van der Waals surface area contributed by atoms with E-state index in [4.69, 9.17) is 0 Å². The second-order valence-electron chi connectivity index (χ2n) is 6.76. The Labute approximate surface area is 174 Å². The van der Waals surface area contributed by atoms with Gasteiger partial charge in [0.1, 0.15) is 0 Å². The molecule has 2 amide bonds. The number of hydrogen-bond acceptors (Lipinski definition) is 4. The van der Waals surface area contributed by atoms with E-state index in [1.165, 1.54) is 11.3 Å². The lowest BCUT2D eigenvalue weighted by Gasteiger charge is -2.26. The van der Waals surface area contributed by atoms with Gasteiger partial charge in [-0.2, -0.15) is 13.2 Å². The molecule has 1 aliphatic rings. The molecule has 0 aliphatic carbocycles. The van der Waals surface area contributed by atoms with Crippen LogP contribution in [0.15, 0.2) is 54.6 Å². The van der Waals surface area contributed by atoms with Gasteiger partial charge in [-0.1, -0.05) is 29.5 Å². The Bertz CT molecular complexity index is 1080. The molecule has 2 aromatic carbocycles. The average molecular weight is 431 g/mol. The Morgan fingerprint density at radius 2 is 1.70 bits per heavy atom. The number of carbonyl (C=O) groups is 2. The Kier molecular flexibility index (Phi) is 5.29. The second-order valence-corrected chi connectivity index (χ2v) is 7.84. The van der Waals surface area contributed by atoms with Crippen LogP contribution in [0.4, 0.5) is 18.3 Å². The number of thiazole rings is 1. The van der Waals surface area contributed by atoms with Crippen molar-refractivity contribution >= 4 is 28.3 Å². The van der Waals surface area contributed by atoms with Gasteiger partial charge in [0.2, 0.25) is 0 Å². The zero-order valence-electron chi connectivity index (χ0n) is 15.6. The van der Waals surface area contributed by atoms with E-state index >= 15 is 0 Å². The lowest BCUT2D eigenvalue weighted by atomic mass is 10.1. The van der Waals surface area contributed by atoms with Crippen LogP contribution in [0.5, 0.6) is 0 Å². The van der Waals surface area contributed by atoms with Gasteiger partial charge < -0.3 is 4.90 Å². The number of rotatable bonds is 3. The normalized spacial score (nSPS) is 13.6. The first kappa shape index (κ1) is 20.1. The van der Waals surface area contributed by atoms with Gasteiger partial charge in [-0.3, -0.25) is 14.9 Å². The molecule has 0 unspecified atom stereocenters. The Morgan fingerprint density at radius 3 is 2.37 bits per heavy atom. The van der Waals surface area contributed by atoms with Gasteiger partial charge in [0.05, 0.1) is 17.8 Å². The molecule has 0 atom stereocenters. The summed E-state index contributed by atoms with van der Waals surface area (Å²) in [5.41, 5.74) is 0.727. The van der Waals surface area contributed by atoms with E-state index in [2.05, 4.69) is 10.3 Å². The predicted molar refractivity (Wildman–Crippen MR) is 106 cm³/mol. The fourth-order valence-corrected chi connectivity index (χ4v) is 4.18. The van der Waals surface area contributed by atoms with Gasteiger partial charge in [-0.15, -0.1) is 0 Å². The summed E-state index contributed by atoms with van der Waals surface area (Å²) in [5.74, 6) is -0.600. The highest BCUT2D eigenvalue weighted by atomic mass is 32.1. The Hall–Kier alpha value is -3.20. The van der Waals surface area contributed by atoms with Crippen LogP contribution in [-0.2, 0) is 19.1 Å². The van der Waals surface area contributed by atoms with Gasteiger partial charge in [-0.25, -0.2) is 4.98 Å². The Morgan fingerprint density at radius 1 is 1.00 bits per heavy atom. The number of hydrogen-bond donors (Lipinski definition) is 1. The van der Waals surface area contributed by atoms with E-state index < -0.39 is 17.6 Å². The number of halogens is 3. The highest BCUT2D eigenvalue weighted by Gasteiger charge is 2.30. The number of benzene rings is 2. The molecule has 2 heterocycles. The van der Waals surface area contributed by atoms with Gasteiger partial charge >= 0.3 is 6.18 Å². The molecule has 0 saturated heterocycles. The van der Waals surface area contributed by atoms with Gasteiger partial charge in [0, 0.05) is 29.0 Å². The van der Waals surface area contributed by atoms with Crippen LogP contribution in [0.3, 0.4) is 0 Å². The number of nitrogens with zero attached hydrogens (tertiary/aromatic N) is 2. The van der Waals surface area contributed by atoms with Crippen molar-refractivity contribution in [3.8, 4) is 0 Å². The summed E-state index contributed by atoms with van der Waals surface area (Å²) in [6.07, 6.45) is -3.88. The van der Waals surface area contributed by atoms with Crippen molar-refractivity contribution in [3.63, 3.8) is 0 Å². The second kappa shape index (κ2) is 7.91. The first-order valence-corrected chi connectivity index (χ1v) is 9.94. The summed E-state index contributed by atoms with van der Waals surface area (Å²) in [5, 5.41) is 2.99. The fraction of sp³-hybridized carbons (Fsp3) is 0.190. The monoisotopic (exact) mass is 431 g/mol. The van der Waals surface area contributed by atoms with Crippen LogP contribution in [0.2, 0.25) is 0 Å². The lowest BCUT2D eigenvalue weighted by molar-refractivity contribution is -0.137. The van der Waals surface area contributed by atoms with E-state index in [1.807, 2.05) is 18.2 Å². The van der Waals surface area contributed by atoms with Crippen molar-refractivity contribution < 1.29 is 22.8 Å². The molecule has 0 radical (unpaired) electrons. The minimum Gasteiger partial charge on any atom is -0.333 e. The number of nitrogens with one attached hydrogen (secondary N) is 1. The number of amides is 2. The van der Waals surface area contributed by atoms with Gasteiger partial charge in [0.15, 0.2) is 5.13 Å². The molecular weight excluding hydrogens is 415 g/mol. The van der Waals surface area contributed by atoms with Crippen LogP contribution in [0, 0.1) is 0 Å². The van der Waals surface area contributed by atoms with Crippen molar-refractivity contribution in [2.75, 3.05) is 11.9 Å². The van der Waals surface area contributed by atoms with Crippen molar-refractivity contribution in [1.82, 2.24) is 9.88 Å². The van der Waals surface area contributed by atoms with E-state index in [1.54, 1.807) is 17.0 Å². The molecule has 1 aliphatic heterocycles. The molecule has 5 nitrogen and oxygen atoms in total. The highest BCUT2D eigenvalue weighted by Crippen LogP contribution is 2.31. The maximum absolute atomic E-state index is 12.7. The smallest absolute Gasteiger partial charge is 0.333 e. The topological polar surface area (TPSA) is 62.3 Å². The molecular formula is C21H16F3N3O2S. The van der Waals surface area contributed by atoms with E-state index in [0.29, 0.717) is 30.2 Å². The van der Waals surface area contributed by atoms with Gasteiger partial charge in [-0.05, 0) is 36.4 Å². The molecule has 1 aromatic heterocycles. The molecule has 4 rings (SSSR count). The molecule has 154 valence electrons. The van der Waals surface area contributed by atoms with Crippen molar-refractivity contribution in [1.29, 1.82) is 0 Å². The third-order valence-electron chi connectivity index (χ3n) is 4.73. The molecule has 3 aromatic rings. The van der Waals surface area contributed by atoms with Crippen molar-refractivity contribution in [3.05, 3.63) is 81.9 Å². The van der Waals surface area contributed by atoms with Crippen LogP contribution in [0.1, 0.15) is 36.9 Å². The number of carbonyl (C=O) groups excluding carboxylic acids is 2. The zero-order valence-corrected chi connectivity index (χ0v) is 16.4. The molecule has 0 saturated carbocycles. The molecule has 1 N–H and O–H groups in total. The first-order chi connectivity index (χ1) is 14.3. The van der Waals surface area contributed by atoms with Crippen LogP contribution in [-0.4, -0.2) is 28.2 Å². The number of fused-ring (bicyclic) bond motifs is 1. The minimum atomic E-state index is -4.45. The van der Waals surface area contributed by atoms with Crippen LogP contribution >= 0.6 is 11.3 Å². The largest absolute Gasteiger partial charge is 0.416 e. The van der Waals surface area contributed by atoms with Crippen LogP contribution < -0.4 is 5.32 Å². The summed E-state index contributed by atoms with van der Waals surface area (Å²) in [6.45, 7) is 0.924. The highest BCUT2D eigenvalue weighted by molar-refractivity contribution is 7.15.